The molecule has 2 unspecified atom stereocenters. The van der Waals surface area contributed by atoms with Gasteiger partial charge in [0.05, 0.1) is 39.0 Å². The van der Waals surface area contributed by atoms with Gasteiger partial charge in [-0.1, -0.05) is 24.6 Å². The quantitative estimate of drug-likeness (QED) is 0.242. The van der Waals surface area contributed by atoms with Crippen LogP contribution in [-0.4, -0.2) is 53.6 Å². The van der Waals surface area contributed by atoms with Gasteiger partial charge in [-0.3, -0.25) is 4.79 Å². The Morgan fingerprint density at radius 3 is 2.34 bits per heavy atom. The zero-order chi connectivity index (χ0) is 30.5. The SMILES string of the molecule is CCC(C)(O)Cc1c(OC)cc2c(c1O)C(=O)CC(c1ccc(OC)c(OC)c1CC=C(C)CCCC(C)(C)O)O2. The zero-order valence-electron chi connectivity index (χ0n) is 25.7. The van der Waals surface area contributed by atoms with Gasteiger partial charge in [0.25, 0.3) is 0 Å². The van der Waals surface area contributed by atoms with E-state index in [0.29, 0.717) is 42.1 Å². The minimum atomic E-state index is -1.07. The number of methoxy groups -OCH3 is 3. The molecule has 226 valence electrons. The van der Waals surface area contributed by atoms with Crippen LogP contribution in [0.3, 0.4) is 0 Å². The van der Waals surface area contributed by atoms with Crippen molar-refractivity contribution in [2.24, 2.45) is 0 Å². The minimum absolute atomic E-state index is 0.0211. The van der Waals surface area contributed by atoms with Crippen molar-refractivity contribution in [2.45, 2.75) is 96.9 Å². The predicted octanol–water partition coefficient (Wildman–Crippen LogP) is 6.26. The van der Waals surface area contributed by atoms with Gasteiger partial charge in [-0.05, 0) is 65.9 Å². The average molecular weight is 571 g/mol. The Hall–Kier alpha value is -3.23. The van der Waals surface area contributed by atoms with Crippen molar-refractivity contribution in [1.82, 2.24) is 0 Å². The molecule has 0 aromatic heterocycles. The number of carbonyl (C=O) groups is 1. The van der Waals surface area contributed by atoms with E-state index in [9.17, 15) is 20.1 Å². The number of ketones is 1. The molecule has 8 nitrogen and oxygen atoms in total. The fourth-order valence-electron chi connectivity index (χ4n) is 5.22. The highest BCUT2D eigenvalue weighted by Crippen LogP contribution is 2.47. The maximum absolute atomic E-state index is 13.5. The molecule has 3 N–H and O–H groups in total. The lowest BCUT2D eigenvalue weighted by molar-refractivity contribution is 0.0548. The molecule has 0 bridgehead atoms. The second-order valence-electron chi connectivity index (χ2n) is 11.8. The number of allylic oxidation sites excluding steroid dienone is 2. The Morgan fingerprint density at radius 1 is 1.07 bits per heavy atom. The molecule has 3 rings (SSSR count). The van der Waals surface area contributed by atoms with Crippen molar-refractivity contribution < 1.29 is 39.1 Å². The smallest absolute Gasteiger partial charge is 0.174 e. The molecule has 2 aromatic carbocycles. The number of fused-ring (bicyclic) bond motifs is 1. The molecular weight excluding hydrogens is 524 g/mol. The minimum Gasteiger partial charge on any atom is -0.507 e. The first-order valence-electron chi connectivity index (χ1n) is 14.2. The topological polar surface area (TPSA) is 115 Å². The van der Waals surface area contributed by atoms with Crippen LogP contribution in [0, 0.1) is 0 Å². The van der Waals surface area contributed by atoms with Crippen LogP contribution in [0.4, 0.5) is 0 Å². The Morgan fingerprint density at radius 2 is 1.76 bits per heavy atom. The first-order valence-corrected chi connectivity index (χ1v) is 14.2. The van der Waals surface area contributed by atoms with E-state index < -0.39 is 17.3 Å². The number of Topliss-reactive ketones (excluding diaryl/α,β-unsaturated/α-hetero) is 1. The van der Waals surface area contributed by atoms with Crippen LogP contribution in [-0.2, 0) is 12.8 Å². The van der Waals surface area contributed by atoms with Gasteiger partial charge in [-0.25, -0.2) is 0 Å². The maximum Gasteiger partial charge on any atom is 0.174 e. The molecule has 0 amide bonds. The van der Waals surface area contributed by atoms with Gasteiger partial charge in [0.1, 0.15) is 28.9 Å². The van der Waals surface area contributed by atoms with E-state index in [1.807, 2.05) is 26.8 Å². The summed E-state index contributed by atoms with van der Waals surface area (Å²) in [5.74, 6) is 1.26. The standard InChI is InChI=1S/C33H46O8/c1-9-33(5,37)19-23-26(39-7)18-28-29(30(23)35)24(34)17-27(41-28)21-14-15-25(38-6)31(40-8)22(21)13-12-20(2)11-10-16-32(3,4)36/h12,14-15,18,27,35-37H,9-11,13,16-17,19H2,1-8H3. The van der Waals surface area contributed by atoms with Crippen LogP contribution in [0.5, 0.6) is 28.7 Å². The van der Waals surface area contributed by atoms with E-state index in [2.05, 4.69) is 13.0 Å². The molecule has 8 heteroatoms. The van der Waals surface area contributed by atoms with Crippen LogP contribution in [0.2, 0.25) is 0 Å². The summed E-state index contributed by atoms with van der Waals surface area (Å²) < 4.78 is 23.3. The Labute approximate surface area is 243 Å². The zero-order valence-corrected chi connectivity index (χ0v) is 25.7. The third kappa shape index (κ3) is 7.74. The third-order valence-electron chi connectivity index (χ3n) is 7.83. The van der Waals surface area contributed by atoms with Gasteiger partial charge in [-0.2, -0.15) is 0 Å². The fourth-order valence-corrected chi connectivity index (χ4v) is 5.22. The molecule has 41 heavy (non-hydrogen) atoms. The number of phenols is 1. The first-order chi connectivity index (χ1) is 19.2. The van der Waals surface area contributed by atoms with E-state index in [4.69, 9.17) is 18.9 Å². The van der Waals surface area contributed by atoms with Gasteiger partial charge in [-0.15, -0.1) is 0 Å². The largest absolute Gasteiger partial charge is 0.507 e. The van der Waals surface area contributed by atoms with Crippen molar-refractivity contribution in [1.29, 1.82) is 0 Å². The summed E-state index contributed by atoms with van der Waals surface area (Å²) in [6.45, 7) is 9.23. The van der Waals surface area contributed by atoms with E-state index >= 15 is 0 Å². The molecule has 2 aromatic rings. The summed E-state index contributed by atoms with van der Waals surface area (Å²) in [7, 11) is 4.65. The van der Waals surface area contributed by atoms with E-state index in [1.54, 1.807) is 33.3 Å². The van der Waals surface area contributed by atoms with Gasteiger partial charge >= 0.3 is 0 Å². The molecule has 0 saturated carbocycles. The summed E-state index contributed by atoms with van der Waals surface area (Å²) in [6, 6.07) is 5.31. The number of benzene rings is 2. The van der Waals surface area contributed by atoms with Crippen molar-refractivity contribution in [3.05, 3.63) is 52.1 Å². The van der Waals surface area contributed by atoms with Crippen LogP contribution in [0.1, 0.15) is 99.9 Å². The number of ether oxygens (including phenoxy) is 4. The van der Waals surface area contributed by atoms with Crippen LogP contribution in [0.15, 0.2) is 29.8 Å². The molecule has 1 aliphatic heterocycles. The number of hydrogen-bond acceptors (Lipinski definition) is 8. The summed E-state index contributed by atoms with van der Waals surface area (Å²) in [5.41, 5.74) is 1.53. The molecule has 0 fully saturated rings. The summed E-state index contributed by atoms with van der Waals surface area (Å²) in [6.07, 6.45) is 5.08. The van der Waals surface area contributed by atoms with Crippen LogP contribution < -0.4 is 18.9 Å². The van der Waals surface area contributed by atoms with Gasteiger partial charge in [0, 0.05) is 29.2 Å². The highest BCUT2D eigenvalue weighted by atomic mass is 16.5. The predicted molar refractivity (Wildman–Crippen MR) is 159 cm³/mol. The number of rotatable bonds is 13. The van der Waals surface area contributed by atoms with E-state index in [1.165, 1.54) is 12.7 Å². The number of hydrogen-bond donors (Lipinski definition) is 3. The second kappa shape index (κ2) is 13.2. The highest BCUT2D eigenvalue weighted by molar-refractivity contribution is 6.03. The van der Waals surface area contributed by atoms with E-state index in [0.717, 1.165) is 24.0 Å². The lowest BCUT2D eigenvalue weighted by Crippen LogP contribution is -2.27. The third-order valence-corrected chi connectivity index (χ3v) is 7.83. The van der Waals surface area contributed by atoms with Gasteiger partial charge in [0.15, 0.2) is 17.3 Å². The molecule has 0 saturated heterocycles. The van der Waals surface area contributed by atoms with Gasteiger partial charge in [0.2, 0.25) is 0 Å². The molecule has 0 aliphatic carbocycles. The summed E-state index contributed by atoms with van der Waals surface area (Å²) in [4.78, 5) is 13.5. The lowest BCUT2D eigenvalue weighted by Gasteiger charge is -2.30. The van der Waals surface area contributed by atoms with Crippen molar-refractivity contribution in [2.75, 3.05) is 21.3 Å². The average Bonchev–Trinajstić information content (AvgIpc) is 2.91. The molecule has 0 spiro atoms. The molecule has 1 aliphatic rings. The maximum atomic E-state index is 13.5. The summed E-state index contributed by atoms with van der Waals surface area (Å²) in [5, 5.41) is 31.8. The second-order valence-corrected chi connectivity index (χ2v) is 11.8. The monoisotopic (exact) mass is 570 g/mol. The molecular formula is C33H46O8. The fraction of sp³-hybridized carbons (Fsp3) is 0.545. The summed E-state index contributed by atoms with van der Waals surface area (Å²) >= 11 is 0. The number of carbonyl (C=O) groups excluding carboxylic acids is 1. The Kier molecular flexibility index (Phi) is 10.4. The van der Waals surface area contributed by atoms with Crippen LogP contribution >= 0.6 is 0 Å². The van der Waals surface area contributed by atoms with Crippen molar-refractivity contribution in [3.8, 4) is 28.7 Å². The van der Waals surface area contributed by atoms with E-state index in [-0.39, 0.29) is 35.7 Å². The number of aliphatic hydroxyl groups is 2. The molecule has 0 radical (unpaired) electrons. The Balaban J connectivity index is 2.00. The van der Waals surface area contributed by atoms with Crippen LogP contribution in [0.25, 0.3) is 0 Å². The normalized spacial score (nSPS) is 17.0. The lowest BCUT2D eigenvalue weighted by atomic mass is 9.87. The number of phenolic OH excluding ortho intramolecular Hbond substituents is 1. The van der Waals surface area contributed by atoms with Crippen molar-refractivity contribution >= 4 is 5.78 Å². The highest BCUT2D eigenvalue weighted by Gasteiger charge is 2.36. The van der Waals surface area contributed by atoms with Crippen molar-refractivity contribution in [3.63, 3.8) is 0 Å². The molecule has 2 atom stereocenters. The first kappa shape index (κ1) is 32.3. The van der Waals surface area contributed by atoms with Gasteiger partial charge < -0.3 is 34.3 Å². The molecule has 1 heterocycles. The Bertz CT molecular complexity index is 1270. The number of aromatic hydroxyl groups is 1.